The molecule has 2 aromatic heterocycles. The van der Waals surface area contributed by atoms with Crippen LogP contribution in [0, 0.1) is 6.92 Å². The number of anilines is 1. The lowest BCUT2D eigenvalue weighted by Gasteiger charge is -2.13. The third-order valence-corrected chi connectivity index (χ3v) is 6.53. The van der Waals surface area contributed by atoms with Crippen LogP contribution >= 0.6 is 11.3 Å². The van der Waals surface area contributed by atoms with E-state index in [9.17, 15) is 4.79 Å². The second kappa shape index (κ2) is 9.56. The van der Waals surface area contributed by atoms with Crippen LogP contribution in [0.5, 0.6) is 28.1 Å². The van der Waals surface area contributed by atoms with Crippen molar-refractivity contribution >= 4 is 33.5 Å². The molecule has 1 aliphatic carbocycles. The number of benzene rings is 2. The highest BCUT2D eigenvalue weighted by Gasteiger charge is 2.22. The zero-order valence-electron chi connectivity index (χ0n) is 18.7. The van der Waals surface area contributed by atoms with E-state index in [1.807, 2.05) is 43.3 Å². The molecule has 4 aromatic rings. The molecule has 10 nitrogen and oxygen atoms in total. The number of H-pyrrole nitrogens is 1. The number of thiophene rings is 1. The number of carbonyl (C=O) groups is 1. The molecule has 2 aromatic carbocycles. The average Bonchev–Trinajstić information content (AvgIpc) is 3.58. The summed E-state index contributed by atoms with van der Waals surface area (Å²) in [7, 11) is 1.61. The zero-order chi connectivity index (χ0) is 23.5. The molecule has 11 heteroatoms. The smallest absolute Gasteiger partial charge is 0.420 e. The van der Waals surface area contributed by atoms with E-state index in [0.29, 0.717) is 17.2 Å². The van der Waals surface area contributed by atoms with Crippen LogP contribution in [0.25, 0.3) is 10.1 Å². The SMILES string of the molecule is COc1cc2c(Oc3ccc(OC4CCCC4)cc3)c(OC(=O)Nc3nn[nH]n3)sc2cc1C. The van der Waals surface area contributed by atoms with Gasteiger partial charge < -0.3 is 18.9 Å². The second-order valence-corrected chi connectivity index (χ2v) is 8.90. The molecule has 1 aliphatic rings. The summed E-state index contributed by atoms with van der Waals surface area (Å²) in [4.78, 5) is 12.4. The molecule has 0 aliphatic heterocycles. The second-order valence-electron chi connectivity index (χ2n) is 7.88. The van der Waals surface area contributed by atoms with E-state index in [-0.39, 0.29) is 17.1 Å². The van der Waals surface area contributed by atoms with Crippen molar-refractivity contribution in [2.75, 3.05) is 12.4 Å². The summed E-state index contributed by atoms with van der Waals surface area (Å²) in [6.07, 6.45) is 4.12. The highest BCUT2D eigenvalue weighted by molar-refractivity contribution is 7.21. The minimum Gasteiger partial charge on any atom is -0.496 e. The van der Waals surface area contributed by atoms with Gasteiger partial charge in [0, 0.05) is 10.1 Å². The molecule has 5 rings (SSSR count). The molecule has 0 atom stereocenters. The van der Waals surface area contributed by atoms with Gasteiger partial charge in [0.2, 0.25) is 5.06 Å². The summed E-state index contributed by atoms with van der Waals surface area (Å²) in [5, 5.41) is 16.5. The van der Waals surface area contributed by atoms with Crippen LogP contribution in [0.1, 0.15) is 31.2 Å². The maximum atomic E-state index is 12.4. The largest absolute Gasteiger partial charge is 0.496 e. The molecular formula is C23H23N5O5S. The van der Waals surface area contributed by atoms with Gasteiger partial charge in [0.25, 0.3) is 5.95 Å². The Morgan fingerprint density at radius 3 is 2.62 bits per heavy atom. The van der Waals surface area contributed by atoms with Gasteiger partial charge in [0.15, 0.2) is 5.75 Å². The number of hydrogen-bond acceptors (Lipinski definition) is 9. The van der Waals surface area contributed by atoms with E-state index in [0.717, 1.165) is 34.2 Å². The molecule has 0 spiro atoms. The van der Waals surface area contributed by atoms with Crippen molar-refractivity contribution in [2.45, 2.75) is 38.7 Å². The van der Waals surface area contributed by atoms with E-state index in [4.69, 9.17) is 18.9 Å². The highest BCUT2D eigenvalue weighted by atomic mass is 32.1. The zero-order valence-corrected chi connectivity index (χ0v) is 19.5. The molecule has 0 radical (unpaired) electrons. The van der Waals surface area contributed by atoms with Gasteiger partial charge in [-0.05, 0) is 79.8 Å². The van der Waals surface area contributed by atoms with Crippen LogP contribution in [-0.4, -0.2) is 39.9 Å². The van der Waals surface area contributed by atoms with Gasteiger partial charge in [-0.15, -0.1) is 5.10 Å². The Hall–Kier alpha value is -3.86. The van der Waals surface area contributed by atoms with Gasteiger partial charge in [0.05, 0.1) is 13.2 Å². The number of aryl methyl sites for hydroxylation is 1. The Labute approximate surface area is 199 Å². The summed E-state index contributed by atoms with van der Waals surface area (Å²) in [5.41, 5.74) is 0.957. The third kappa shape index (κ3) is 4.74. The molecule has 1 saturated carbocycles. The van der Waals surface area contributed by atoms with Gasteiger partial charge in [-0.25, -0.2) is 4.79 Å². The van der Waals surface area contributed by atoms with Crippen LogP contribution in [0.2, 0.25) is 0 Å². The van der Waals surface area contributed by atoms with E-state index in [2.05, 4.69) is 25.9 Å². The van der Waals surface area contributed by atoms with Crippen molar-refractivity contribution in [3.63, 3.8) is 0 Å². The summed E-state index contributed by atoms with van der Waals surface area (Å²) >= 11 is 1.29. The normalized spacial score (nSPS) is 13.7. The number of nitrogens with one attached hydrogen (secondary N) is 2. The first-order chi connectivity index (χ1) is 16.6. The first-order valence-corrected chi connectivity index (χ1v) is 11.7. The van der Waals surface area contributed by atoms with Crippen molar-refractivity contribution in [2.24, 2.45) is 0 Å². The lowest BCUT2D eigenvalue weighted by atomic mass is 10.1. The van der Waals surface area contributed by atoms with E-state index in [1.165, 1.54) is 24.2 Å². The van der Waals surface area contributed by atoms with Crippen LogP contribution in [0.4, 0.5) is 10.7 Å². The van der Waals surface area contributed by atoms with Crippen LogP contribution in [0.3, 0.4) is 0 Å². The number of amides is 1. The minimum absolute atomic E-state index is 0.00365. The number of aromatic amines is 1. The summed E-state index contributed by atoms with van der Waals surface area (Å²) < 4.78 is 24.2. The highest BCUT2D eigenvalue weighted by Crippen LogP contribution is 2.48. The minimum atomic E-state index is -0.762. The molecular weight excluding hydrogens is 458 g/mol. The lowest BCUT2D eigenvalue weighted by Crippen LogP contribution is -2.17. The number of tetrazole rings is 1. The van der Waals surface area contributed by atoms with Crippen molar-refractivity contribution in [1.29, 1.82) is 0 Å². The van der Waals surface area contributed by atoms with Gasteiger partial charge in [-0.3, -0.25) is 5.32 Å². The molecule has 0 unspecified atom stereocenters. The maximum Gasteiger partial charge on any atom is 0.420 e. The first kappa shape index (κ1) is 22.0. The Morgan fingerprint density at radius 1 is 1.15 bits per heavy atom. The topological polar surface area (TPSA) is 120 Å². The van der Waals surface area contributed by atoms with Crippen LogP contribution in [-0.2, 0) is 0 Å². The van der Waals surface area contributed by atoms with Crippen molar-refractivity contribution < 1.29 is 23.7 Å². The maximum absolute atomic E-state index is 12.4. The predicted octanol–water partition coefficient (Wildman–Crippen LogP) is 5.46. The van der Waals surface area contributed by atoms with Crippen LogP contribution < -0.4 is 24.3 Å². The van der Waals surface area contributed by atoms with Crippen LogP contribution in [0.15, 0.2) is 36.4 Å². The molecule has 1 fully saturated rings. The fraction of sp³-hybridized carbons (Fsp3) is 0.304. The molecule has 0 saturated heterocycles. The quantitative estimate of drug-likeness (QED) is 0.357. The number of aromatic nitrogens is 4. The predicted molar refractivity (Wildman–Crippen MR) is 126 cm³/mol. The van der Waals surface area contributed by atoms with Crippen molar-refractivity contribution in [1.82, 2.24) is 20.6 Å². The first-order valence-electron chi connectivity index (χ1n) is 10.9. The Balaban J connectivity index is 1.42. The van der Waals surface area contributed by atoms with E-state index >= 15 is 0 Å². The molecule has 2 heterocycles. The van der Waals surface area contributed by atoms with Gasteiger partial charge in [-0.1, -0.05) is 16.4 Å². The number of nitrogens with zero attached hydrogens (tertiary/aromatic N) is 3. The third-order valence-electron chi connectivity index (χ3n) is 5.52. The molecule has 34 heavy (non-hydrogen) atoms. The van der Waals surface area contributed by atoms with Gasteiger partial charge in [0.1, 0.15) is 17.2 Å². The Kier molecular flexibility index (Phi) is 6.17. The number of methoxy groups -OCH3 is 1. The monoisotopic (exact) mass is 481 g/mol. The Bertz CT molecular complexity index is 1280. The standard InChI is InChI=1S/C23H23N5O5S/c1-13-11-19-17(12-18(13)30-2)20(21(34-19)33-23(29)24-22-25-27-28-26-22)32-16-9-7-15(8-10-16)31-14-5-3-4-6-14/h7-12,14H,3-6H2,1-2H3,(H2,24,25,26,27,28,29). The van der Waals surface area contributed by atoms with Gasteiger partial charge in [-0.2, -0.15) is 5.21 Å². The molecule has 176 valence electrons. The van der Waals surface area contributed by atoms with E-state index < -0.39 is 6.09 Å². The molecule has 2 N–H and O–H groups in total. The van der Waals surface area contributed by atoms with Crippen molar-refractivity contribution in [3.05, 3.63) is 42.0 Å². The number of ether oxygens (including phenoxy) is 4. The molecule has 0 bridgehead atoms. The average molecular weight is 482 g/mol. The summed E-state index contributed by atoms with van der Waals surface area (Å²) in [5.74, 6) is 2.51. The number of carbonyl (C=O) groups excluding carboxylic acids is 1. The molecule has 1 amide bonds. The summed E-state index contributed by atoms with van der Waals surface area (Å²) in [6.45, 7) is 1.95. The van der Waals surface area contributed by atoms with Gasteiger partial charge >= 0.3 is 6.09 Å². The number of fused-ring (bicyclic) bond motifs is 1. The van der Waals surface area contributed by atoms with Crippen molar-refractivity contribution in [3.8, 4) is 28.1 Å². The number of rotatable bonds is 7. The lowest BCUT2D eigenvalue weighted by molar-refractivity contribution is 0.210. The fourth-order valence-electron chi connectivity index (χ4n) is 3.88. The van der Waals surface area contributed by atoms with E-state index in [1.54, 1.807) is 7.11 Å². The number of hydrogen-bond donors (Lipinski definition) is 2. The fourth-order valence-corrected chi connectivity index (χ4v) is 4.94. The Morgan fingerprint density at radius 2 is 1.91 bits per heavy atom. The summed E-state index contributed by atoms with van der Waals surface area (Å²) in [6, 6.07) is 11.3.